The van der Waals surface area contributed by atoms with Crippen LogP contribution < -0.4 is 16.4 Å². The van der Waals surface area contributed by atoms with E-state index in [0.717, 1.165) is 25.9 Å². The molecule has 1 aliphatic heterocycles. The van der Waals surface area contributed by atoms with E-state index >= 15 is 0 Å². The summed E-state index contributed by atoms with van der Waals surface area (Å²) in [7, 11) is 0. The summed E-state index contributed by atoms with van der Waals surface area (Å²) < 4.78 is 0. The maximum Gasteiger partial charge on any atom is 0.251 e. The van der Waals surface area contributed by atoms with Crippen molar-refractivity contribution in [3.8, 4) is 0 Å². The molecule has 0 spiro atoms. The van der Waals surface area contributed by atoms with Crippen LogP contribution in [0.25, 0.3) is 0 Å². The van der Waals surface area contributed by atoms with Gasteiger partial charge in [0, 0.05) is 31.5 Å². The minimum Gasteiger partial charge on any atom is -0.366 e. The topological polar surface area (TPSA) is 98.1 Å². The molecule has 6 nitrogen and oxygen atoms in total. The van der Waals surface area contributed by atoms with Crippen LogP contribution in [0.15, 0.2) is 12.4 Å². The summed E-state index contributed by atoms with van der Waals surface area (Å²) >= 11 is 0. The van der Waals surface area contributed by atoms with Crippen LogP contribution in [-0.2, 0) is 0 Å². The number of hydrogen-bond donors (Lipinski definition) is 2. The van der Waals surface area contributed by atoms with Gasteiger partial charge in [0.15, 0.2) is 0 Å². The van der Waals surface area contributed by atoms with Gasteiger partial charge in [-0.1, -0.05) is 0 Å². The summed E-state index contributed by atoms with van der Waals surface area (Å²) in [5, 5.41) is 0. The molecule has 2 rings (SSSR count). The first-order valence-corrected chi connectivity index (χ1v) is 5.29. The normalized spacial score (nSPS) is 20.8. The molecule has 4 N–H and O–H groups in total. The highest BCUT2D eigenvalue weighted by Crippen LogP contribution is 2.14. The molecular weight excluding hydrogens is 206 g/mol. The van der Waals surface area contributed by atoms with Gasteiger partial charge >= 0.3 is 0 Å². The second-order valence-electron chi connectivity index (χ2n) is 3.98. The standard InChI is InChI=1S/C10H15N5O/c11-8-2-1-3-15(6-8)10-13-4-7(5-14-10)9(12)16/h4-5,8H,1-3,6,11H2,(H2,12,16). The van der Waals surface area contributed by atoms with Crippen LogP contribution >= 0.6 is 0 Å². The lowest BCUT2D eigenvalue weighted by molar-refractivity contribution is 0.0999. The van der Waals surface area contributed by atoms with E-state index in [1.807, 2.05) is 4.90 Å². The summed E-state index contributed by atoms with van der Waals surface area (Å²) in [4.78, 5) is 21.1. The molecule has 2 heterocycles. The lowest BCUT2D eigenvalue weighted by Gasteiger charge is -2.30. The van der Waals surface area contributed by atoms with Gasteiger partial charge in [0.2, 0.25) is 5.95 Å². The van der Waals surface area contributed by atoms with Gasteiger partial charge in [0.25, 0.3) is 5.91 Å². The van der Waals surface area contributed by atoms with Crippen LogP contribution in [-0.4, -0.2) is 35.0 Å². The summed E-state index contributed by atoms with van der Waals surface area (Å²) in [5.74, 6) is 0.0991. The molecule has 0 aromatic carbocycles. The molecule has 1 aromatic rings. The average Bonchev–Trinajstić information content (AvgIpc) is 2.29. The second kappa shape index (κ2) is 4.44. The molecule has 1 amide bonds. The molecule has 1 fully saturated rings. The highest BCUT2D eigenvalue weighted by atomic mass is 16.1. The Morgan fingerprint density at radius 3 is 2.69 bits per heavy atom. The Morgan fingerprint density at radius 1 is 1.44 bits per heavy atom. The van der Waals surface area contributed by atoms with Gasteiger partial charge in [-0.3, -0.25) is 4.79 Å². The number of nitrogens with two attached hydrogens (primary N) is 2. The van der Waals surface area contributed by atoms with Gasteiger partial charge in [-0.05, 0) is 12.8 Å². The predicted molar refractivity (Wildman–Crippen MR) is 60.0 cm³/mol. The summed E-state index contributed by atoms with van der Waals surface area (Å²) in [6.45, 7) is 1.67. The molecule has 1 saturated heterocycles. The van der Waals surface area contributed by atoms with Crippen molar-refractivity contribution in [2.75, 3.05) is 18.0 Å². The molecule has 0 aliphatic carbocycles. The SMILES string of the molecule is NC(=O)c1cnc(N2CCCC(N)C2)nc1. The number of carbonyl (C=O) groups excluding carboxylic acids is 1. The van der Waals surface area contributed by atoms with E-state index in [2.05, 4.69) is 9.97 Å². The van der Waals surface area contributed by atoms with E-state index in [4.69, 9.17) is 11.5 Å². The number of anilines is 1. The minimum absolute atomic E-state index is 0.174. The van der Waals surface area contributed by atoms with Gasteiger partial charge in [0.1, 0.15) is 0 Å². The monoisotopic (exact) mass is 221 g/mol. The van der Waals surface area contributed by atoms with Gasteiger partial charge < -0.3 is 16.4 Å². The molecular formula is C10H15N5O. The van der Waals surface area contributed by atoms with Gasteiger partial charge in [-0.25, -0.2) is 9.97 Å². The molecule has 1 aromatic heterocycles. The number of piperidine rings is 1. The lowest BCUT2D eigenvalue weighted by atomic mass is 10.1. The van der Waals surface area contributed by atoms with Crippen LogP contribution in [0.3, 0.4) is 0 Å². The minimum atomic E-state index is -0.512. The molecule has 1 unspecified atom stereocenters. The number of hydrogen-bond acceptors (Lipinski definition) is 5. The smallest absolute Gasteiger partial charge is 0.251 e. The Balaban J connectivity index is 2.11. The number of aromatic nitrogens is 2. The predicted octanol–water partition coefficient (Wildman–Crippen LogP) is -0.497. The first-order valence-electron chi connectivity index (χ1n) is 5.29. The quantitative estimate of drug-likeness (QED) is 0.701. The zero-order chi connectivity index (χ0) is 11.5. The van der Waals surface area contributed by atoms with Crippen molar-refractivity contribution in [2.45, 2.75) is 18.9 Å². The number of carbonyl (C=O) groups is 1. The van der Waals surface area contributed by atoms with E-state index < -0.39 is 5.91 Å². The molecule has 1 aliphatic rings. The zero-order valence-electron chi connectivity index (χ0n) is 8.97. The van der Waals surface area contributed by atoms with Crippen molar-refractivity contribution < 1.29 is 4.79 Å². The van der Waals surface area contributed by atoms with Crippen molar-refractivity contribution in [3.63, 3.8) is 0 Å². The number of amides is 1. The van der Waals surface area contributed by atoms with Crippen molar-refractivity contribution >= 4 is 11.9 Å². The van der Waals surface area contributed by atoms with Crippen molar-refractivity contribution in [2.24, 2.45) is 11.5 Å². The van der Waals surface area contributed by atoms with E-state index in [1.165, 1.54) is 12.4 Å². The van der Waals surface area contributed by atoms with E-state index in [1.54, 1.807) is 0 Å². The second-order valence-corrected chi connectivity index (χ2v) is 3.98. The number of nitrogens with zero attached hydrogens (tertiary/aromatic N) is 3. The van der Waals surface area contributed by atoms with Crippen LogP contribution in [0.4, 0.5) is 5.95 Å². The molecule has 0 radical (unpaired) electrons. The fourth-order valence-electron chi connectivity index (χ4n) is 1.80. The van der Waals surface area contributed by atoms with E-state index in [-0.39, 0.29) is 6.04 Å². The molecule has 86 valence electrons. The number of primary amides is 1. The maximum atomic E-state index is 10.8. The fourth-order valence-corrected chi connectivity index (χ4v) is 1.80. The van der Waals surface area contributed by atoms with Crippen molar-refractivity contribution in [3.05, 3.63) is 18.0 Å². The molecule has 6 heteroatoms. The molecule has 0 bridgehead atoms. The van der Waals surface area contributed by atoms with Crippen molar-refractivity contribution in [1.82, 2.24) is 9.97 Å². The largest absolute Gasteiger partial charge is 0.366 e. The first-order chi connectivity index (χ1) is 7.66. The van der Waals surface area contributed by atoms with Gasteiger partial charge in [0.05, 0.1) is 5.56 Å². The van der Waals surface area contributed by atoms with Gasteiger partial charge in [-0.15, -0.1) is 0 Å². The zero-order valence-corrected chi connectivity index (χ0v) is 8.97. The van der Waals surface area contributed by atoms with E-state index in [0.29, 0.717) is 11.5 Å². The number of rotatable bonds is 2. The lowest BCUT2D eigenvalue weighted by Crippen LogP contribution is -2.43. The molecule has 1 atom stereocenters. The molecule has 0 saturated carbocycles. The van der Waals surface area contributed by atoms with Crippen LogP contribution in [0.5, 0.6) is 0 Å². The highest BCUT2D eigenvalue weighted by Gasteiger charge is 2.18. The Labute approximate surface area is 93.7 Å². The maximum absolute atomic E-state index is 10.8. The van der Waals surface area contributed by atoms with Crippen LogP contribution in [0, 0.1) is 0 Å². The third kappa shape index (κ3) is 2.27. The summed E-state index contributed by atoms with van der Waals surface area (Å²) in [6.07, 6.45) is 4.98. The van der Waals surface area contributed by atoms with Crippen LogP contribution in [0.1, 0.15) is 23.2 Å². The Kier molecular flexibility index (Phi) is 3.00. The average molecular weight is 221 g/mol. The van der Waals surface area contributed by atoms with Gasteiger partial charge in [-0.2, -0.15) is 0 Å². The van der Waals surface area contributed by atoms with Crippen molar-refractivity contribution in [1.29, 1.82) is 0 Å². The van der Waals surface area contributed by atoms with Crippen LogP contribution in [0.2, 0.25) is 0 Å². The third-order valence-corrected chi connectivity index (χ3v) is 2.66. The Hall–Kier alpha value is -1.69. The fraction of sp³-hybridized carbons (Fsp3) is 0.500. The first kappa shape index (κ1) is 10.8. The summed E-state index contributed by atoms with van der Waals surface area (Å²) in [6, 6.07) is 0.174. The Bertz CT molecular complexity index is 377. The third-order valence-electron chi connectivity index (χ3n) is 2.66. The highest BCUT2D eigenvalue weighted by molar-refractivity contribution is 5.92. The van der Waals surface area contributed by atoms with E-state index in [9.17, 15) is 4.79 Å². The Morgan fingerprint density at radius 2 is 2.12 bits per heavy atom. The molecule has 16 heavy (non-hydrogen) atoms. The summed E-state index contributed by atoms with van der Waals surface area (Å²) in [5.41, 5.74) is 11.3.